The molecule has 3 rings (SSSR count). The Hall–Kier alpha value is -1.31. The Morgan fingerprint density at radius 3 is 2.83 bits per heavy atom. The monoisotopic (exact) mass is 335 g/mol. The van der Waals surface area contributed by atoms with E-state index in [1.54, 1.807) is 11.3 Å². The molecule has 0 aromatic carbocycles. The molecule has 126 valence electrons. The highest BCUT2D eigenvalue weighted by Gasteiger charge is 2.22. The second kappa shape index (κ2) is 7.07. The van der Waals surface area contributed by atoms with Gasteiger partial charge in [-0.1, -0.05) is 13.8 Å². The zero-order valence-electron chi connectivity index (χ0n) is 14.3. The molecule has 1 fully saturated rings. The molecule has 0 spiro atoms. The highest BCUT2D eigenvalue weighted by Crippen LogP contribution is 2.20. The van der Waals surface area contributed by atoms with Gasteiger partial charge in [0.1, 0.15) is 11.6 Å². The van der Waals surface area contributed by atoms with Gasteiger partial charge >= 0.3 is 0 Å². The molecule has 7 heteroatoms. The molecule has 0 amide bonds. The summed E-state index contributed by atoms with van der Waals surface area (Å²) in [6.45, 7) is 12.6. The summed E-state index contributed by atoms with van der Waals surface area (Å²) in [6.07, 6.45) is 0.159. The summed E-state index contributed by atoms with van der Waals surface area (Å²) in [5.74, 6) is 2.27. The van der Waals surface area contributed by atoms with Gasteiger partial charge in [0, 0.05) is 30.9 Å². The Labute approximate surface area is 141 Å². The smallest absolute Gasteiger partial charge is 0.147 e. The van der Waals surface area contributed by atoms with E-state index in [2.05, 4.69) is 34.2 Å². The summed E-state index contributed by atoms with van der Waals surface area (Å²) in [4.78, 5) is 11.5. The maximum absolute atomic E-state index is 5.91. The third kappa shape index (κ3) is 4.16. The summed E-state index contributed by atoms with van der Waals surface area (Å²) in [7, 11) is 0. The van der Waals surface area contributed by atoms with Crippen molar-refractivity contribution in [3.05, 3.63) is 27.7 Å². The number of ether oxygens (including phenoxy) is 1. The zero-order chi connectivity index (χ0) is 16.4. The molecule has 0 N–H and O–H groups in total. The Kier molecular flexibility index (Phi) is 5.08. The minimum absolute atomic E-state index is 0.159. The number of aromatic nitrogens is 4. The Balaban J connectivity index is 1.58. The molecule has 0 bridgehead atoms. The first-order chi connectivity index (χ1) is 11.0. The summed E-state index contributed by atoms with van der Waals surface area (Å²) < 4.78 is 7.86. The Morgan fingerprint density at radius 2 is 2.17 bits per heavy atom. The van der Waals surface area contributed by atoms with E-state index in [9.17, 15) is 0 Å². The zero-order valence-corrected chi connectivity index (χ0v) is 15.1. The fourth-order valence-electron chi connectivity index (χ4n) is 2.85. The van der Waals surface area contributed by atoms with Crippen LogP contribution in [0.2, 0.25) is 0 Å². The normalized spacial score (nSPS) is 19.6. The number of hydrogen-bond donors (Lipinski definition) is 0. The number of thiazole rings is 1. The SMILES string of the molecule is Cc1nc(C)n(C[C@H]2CN(Cc3csc(C(C)C)n3)CCO2)n1. The first kappa shape index (κ1) is 16.5. The van der Waals surface area contributed by atoms with Crippen LogP contribution in [0.25, 0.3) is 0 Å². The standard InChI is InChI=1S/C16H25N5OS/c1-11(2)16-18-14(10-23-16)7-20-5-6-22-15(8-20)9-21-13(4)17-12(3)19-21/h10-11,15H,5-9H2,1-4H3/t15-/m1/s1. The number of hydrogen-bond acceptors (Lipinski definition) is 6. The maximum atomic E-state index is 5.91. The molecule has 0 aliphatic carbocycles. The van der Waals surface area contributed by atoms with Gasteiger partial charge in [-0.15, -0.1) is 11.3 Å². The van der Waals surface area contributed by atoms with Gasteiger partial charge in [-0.25, -0.2) is 14.6 Å². The van der Waals surface area contributed by atoms with Crippen LogP contribution in [-0.2, 0) is 17.8 Å². The van der Waals surface area contributed by atoms with Gasteiger partial charge in [0.15, 0.2) is 0 Å². The predicted octanol–water partition coefficient (Wildman–Crippen LogP) is 2.38. The molecule has 6 nitrogen and oxygen atoms in total. The van der Waals surface area contributed by atoms with Crippen LogP contribution in [0.5, 0.6) is 0 Å². The molecule has 3 heterocycles. The minimum Gasteiger partial charge on any atom is -0.374 e. The first-order valence-electron chi connectivity index (χ1n) is 8.17. The predicted molar refractivity (Wildman–Crippen MR) is 90.7 cm³/mol. The van der Waals surface area contributed by atoms with E-state index < -0.39 is 0 Å². The first-order valence-corrected chi connectivity index (χ1v) is 9.05. The van der Waals surface area contributed by atoms with Crippen LogP contribution < -0.4 is 0 Å². The molecular formula is C16H25N5OS. The number of morpholine rings is 1. The van der Waals surface area contributed by atoms with E-state index in [1.807, 2.05) is 18.5 Å². The molecular weight excluding hydrogens is 310 g/mol. The van der Waals surface area contributed by atoms with Crippen molar-refractivity contribution in [2.45, 2.75) is 52.8 Å². The van der Waals surface area contributed by atoms with E-state index in [0.29, 0.717) is 5.92 Å². The van der Waals surface area contributed by atoms with Crippen molar-refractivity contribution in [2.24, 2.45) is 0 Å². The number of rotatable bonds is 5. The third-order valence-electron chi connectivity index (χ3n) is 4.01. The molecule has 0 radical (unpaired) electrons. The summed E-state index contributed by atoms with van der Waals surface area (Å²) >= 11 is 1.76. The van der Waals surface area contributed by atoms with E-state index >= 15 is 0 Å². The summed E-state index contributed by atoms with van der Waals surface area (Å²) in [5, 5.41) is 7.84. The van der Waals surface area contributed by atoms with Gasteiger partial charge in [-0.2, -0.15) is 5.10 Å². The van der Waals surface area contributed by atoms with Crippen LogP contribution in [0.4, 0.5) is 0 Å². The molecule has 2 aromatic rings. The van der Waals surface area contributed by atoms with Crippen LogP contribution in [0.1, 0.15) is 42.1 Å². The highest BCUT2D eigenvalue weighted by atomic mass is 32.1. The molecule has 0 unspecified atom stereocenters. The van der Waals surface area contributed by atoms with Crippen LogP contribution in [0.3, 0.4) is 0 Å². The van der Waals surface area contributed by atoms with Crippen LogP contribution in [0.15, 0.2) is 5.38 Å². The van der Waals surface area contributed by atoms with Crippen LogP contribution in [-0.4, -0.2) is 50.4 Å². The van der Waals surface area contributed by atoms with Crippen LogP contribution in [0, 0.1) is 13.8 Å². The van der Waals surface area contributed by atoms with E-state index in [4.69, 9.17) is 9.72 Å². The molecule has 0 saturated carbocycles. The van der Waals surface area contributed by atoms with Crippen molar-refractivity contribution in [2.75, 3.05) is 19.7 Å². The van der Waals surface area contributed by atoms with Crippen molar-refractivity contribution in [3.8, 4) is 0 Å². The second-order valence-electron chi connectivity index (χ2n) is 6.45. The third-order valence-corrected chi connectivity index (χ3v) is 5.21. The van der Waals surface area contributed by atoms with Crippen molar-refractivity contribution in [1.29, 1.82) is 0 Å². The van der Waals surface area contributed by atoms with Crippen molar-refractivity contribution >= 4 is 11.3 Å². The highest BCUT2D eigenvalue weighted by molar-refractivity contribution is 7.09. The Bertz CT molecular complexity index is 651. The van der Waals surface area contributed by atoms with E-state index in [0.717, 1.165) is 44.4 Å². The quantitative estimate of drug-likeness (QED) is 0.840. The van der Waals surface area contributed by atoms with Crippen LogP contribution >= 0.6 is 11.3 Å². The molecule has 1 atom stereocenters. The van der Waals surface area contributed by atoms with Crippen molar-refractivity contribution < 1.29 is 4.74 Å². The van der Waals surface area contributed by atoms with E-state index in [1.165, 1.54) is 10.7 Å². The number of aryl methyl sites for hydroxylation is 2. The fourth-order valence-corrected chi connectivity index (χ4v) is 3.68. The molecule has 1 aliphatic heterocycles. The average Bonchev–Trinajstić information content (AvgIpc) is 3.07. The Morgan fingerprint density at radius 1 is 1.35 bits per heavy atom. The van der Waals surface area contributed by atoms with Gasteiger partial charge in [0.05, 0.1) is 30.0 Å². The molecule has 23 heavy (non-hydrogen) atoms. The van der Waals surface area contributed by atoms with Gasteiger partial charge in [-0.3, -0.25) is 4.90 Å². The van der Waals surface area contributed by atoms with Crippen molar-refractivity contribution in [1.82, 2.24) is 24.6 Å². The average molecular weight is 335 g/mol. The lowest BCUT2D eigenvalue weighted by Gasteiger charge is -2.32. The lowest BCUT2D eigenvalue weighted by atomic mass is 10.2. The number of nitrogens with zero attached hydrogens (tertiary/aromatic N) is 5. The topological polar surface area (TPSA) is 56.1 Å². The van der Waals surface area contributed by atoms with Gasteiger partial charge in [-0.05, 0) is 13.8 Å². The fraction of sp³-hybridized carbons (Fsp3) is 0.688. The molecule has 1 aliphatic rings. The van der Waals surface area contributed by atoms with Crippen molar-refractivity contribution in [3.63, 3.8) is 0 Å². The second-order valence-corrected chi connectivity index (χ2v) is 7.34. The largest absolute Gasteiger partial charge is 0.374 e. The minimum atomic E-state index is 0.159. The lowest BCUT2D eigenvalue weighted by Crippen LogP contribution is -2.44. The summed E-state index contributed by atoms with van der Waals surface area (Å²) in [5.41, 5.74) is 1.17. The van der Waals surface area contributed by atoms with Gasteiger partial charge in [0.25, 0.3) is 0 Å². The van der Waals surface area contributed by atoms with Gasteiger partial charge in [0.2, 0.25) is 0 Å². The maximum Gasteiger partial charge on any atom is 0.147 e. The lowest BCUT2D eigenvalue weighted by molar-refractivity contribution is -0.0408. The molecule has 1 saturated heterocycles. The van der Waals surface area contributed by atoms with E-state index in [-0.39, 0.29) is 6.10 Å². The molecule has 2 aromatic heterocycles. The summed E-state index contributed by atoms with van der Waals surface area (Å²) in [6, 6.07) is 0. The van der Waals surface area contributed by atoms with Gasteiger partial charge < -0.3 is 4.74 Å².